The summed E-state index contributed by atoms with van der Waals surface area (Å²) >= 11 is 11.3. The van der Waals surface area contributed by atoms with Gasteiger partial charge in [-0.2, -0.15) is 0 Å². The molecule has 0 saturated heterocycles. The van der Waals surface area contributed by atoms with E-state index in [1.54, 1.807) is 6.08 Å². The normalized spacial score (nSPS) is 11.9. The summed E-state index contributed by atoms with van der Waals surface area (Å²) in [5, 5.41) is 4.08. The summed E-state index contributed by atoms with van der Waals surface area (Å²) in [6.45, 7) is 14.1. The Balaban J connectivity index is 2.46. The van der Waals surface area contributed by atoms with Crippen LogP contribution in [0.4, 0.5) is 0 Å². The first-order chi connectivity index (χ1) is 14.7. The van der Waals surface area contributed by atoms with Gasteiger partial charge in [-0.1, -0.05) is 42.2 Å². The number of oxime groups is 1. The number of ether oxygens (including phenoxy) is 3. The molecule has 5 nitrogen and oxygen atoms in total. The summed E-state index contributed by atoms with van der Waals surface area (Å²) in [4.78, 5) is 5.38. The smallest absolute Gasteiger partial charge is 0.129 e. The minimum Gasteiger partial charge on any atom is -0.493 e. The lowest BCUT2D eigenvalue weighted by atomic mass is 10.0. The molecule has 0 aliphatic rings. The fourth-order valence-electron chi connectivity index (χ4n) is 2.66. The number of benzene rings is 1. The van der Waals surface area contributed by atoms with Crippen LogP contribution in [0.5, 0.6) is 11.5 Å². The van der Waals surface area contributed by atoms with Gasteiger partial charge in [-0.05, 0) is 82.7 Å². The van der Waals surface area contributed by atoms with Crippen molar-refractivity contribution in [2.45, 2.75) is 72.8 Å². The fourth-order valence-corrected chi connectivity index (χ4v) is 2.78. The number of hydrogen-bond donors (Lipinski definition) is 0. The van der Waals surface area contributed by atoms with Crippen LogP contribution < -0.4 is 9.47 Å². The molecule has 0 saturated carbocycles. The summed E-state index contributed by atoms with van der Waals surface area (Å²) in [6.07, 6.45) is 5.19. The van der Waals surface area contributed by atoms with E-state index in [0.717, 1.165) is 54.0 Å². The summed E-state index contributed by atoms with van der Waals surface area (Å²) in [7, 11) is 0. The Bertz CT molecular complexity index is 698. The van der Waals surface area contributed by atoms with E-state index in [2.05, 4.69) is 19.0 Å². The monoisotopic (exact) mass is 473 g/mol. The summed E-state index contributed by atoms with van der Waals surface area (Å²) < 4.78 is 17.8. The predicted molar refractivity (Wildman–Crippen MR) is 130 cm³/mol. The molecule has 0 atom stereocenters. The molecule has 0 unspecified atom stereocenters. The Kier molecular flexibility index (Phi) is 13.0. The van der Waals surface area contributed by atoms with E-state index in [0.29, 0.717) is 26.4 Å². The van der Waals surface area contributed by atoms with E-state index < -0.39 is 0 Å². The van der Waals surface area contributed by atoms with Gasteiger partial charge < -0.3 is 19.0 Å². The molecule has 0 spiro atoms. The second kappa shape index (κ2) is 14.6. The third-order valence-electron chi connectivity index (χ3n) is 4.18. The van der Waals surface area contributed by atoms with Gasteiger partial charge in [0, 0.05) is 6.61 Å². The van der Waals surface area contributed by atoms with Crippen molar-refractivity contribution in [1.82, 2.24) is 0 Å². The van der Waals surface area contributed by atoms with Gasteiger partial charge in [0.25, 0.3) is 0 Å². The van der Waals surface area contributed by atoms with Crippen LogP contribution in [0.3, 0.4) is 0 Å². The second-order valence-corrected chi connectivity index (χ2v) is 9.23. The molecule has 31 heavy (non-hydrogen) atoms. The third-order valence-corrected chi connectivity index (χ3v) is 4.49. The lowest BCUT2D eigenvalue weighted by Crippen LogP contribution is -2.17. The zero-order chi connectivity index (χ0) is 23.3. The van der Waals surface area contributed by atoms with Crippen LogP contribution in [0, 0.1) is 0 Å². The minimum atomic E-state index is -0.285. The van der Waals surface area contributed by atoms with E-state index >= 15 is 0 Å². The maximum atomic E-state index is 6.14. The quantitative estimate of drug-likeness (QED) is 0.168. The molecule has 0 N–H and O–H groups in total. The first kappa shape index (κ1) is 27.6. The van der Waals surface area contributed by atoms with Gasteiger partial charge in [-0.25, -0.2) is 0 Å². The van der Waals surface area contributed by atoms with Gasteiger partial charge in [-0.15, -0.1) is 0 Å². The first-order valence-electron chi connectivity index (χ1n) is 10.9. The van der Waals surface area contributed by atoms with Crippen LogP contribution in [-0.4, -0.2) is 37.7 Å². The average molecular weight is 474 g/mol. The molecule has 0 aromatic heterocycles. The number of rotatable bonds is 14. The van der Waals surface area contributed by atoms with E-state index in [4.69, 9.17) is 42.3 Å². The molecule has 0 amide bonds. The van der Waals surface area contributed by atoms with Crippen molar-refractivity contribution in [2.75, 3.05) is 26.4 Å². The topological polar surface area (TPSA) is 49.3 Å². The summed E-state index contributed by atoms with van der Waals surface area (Å²) in [5.41, 5.74) is 2.82. The molecule has 1 aromatic carbocycles. The minimum absolute atomic E-state index is 0.205. The van der Waals surface area contributed by atoms with Crippen molar-refractivity contribution >= 4 is 28.9 Å². The van der Waals surface area contributed by atoms with Gasteiger partial charge in [0.15, 0.2) is 0 Å². The molecule has 0 aliphatic carbocycles. The number of aryl methyl sites for hydroxylation is 2. The van der Waals surface area contributed by atoms with Crippen LogP contribution in [0.2, 0.25) is 0 Å². The highest BCUT2D eigenvalue weighted by Gasteiger charge is 2.12. The summed E-state index contributed by atoms with van der Waals surface area (Å²) in [6, 6.07) is 4.05. The standard InChI is InChI=1S/C24H37Cl2NO4/c1-7-19-15-21(29-14-11-22(25)26)16-20(8-2)23(19)30-13-10-9-12-28-17-18(3)27-31-24(4,5)6/h11,15-16H,7-10,12-14,17H2,1-6H3. The van der Waals surface area contributed by atoms with Crippen molar-refractivity contribution < 1.29 is 19.0 Å². The first-order valence-corrected chi connectivity index (χ1v) is 11.6. The Morgan fingerprint density at radius 2 is 1.61 bits per heavy atom. The highest BCUT2D eigenvalue weighted by Crippen LogP contribution is 2.31. The van der Waals surface area contributed by atoms with Crippen LogP contribution in [-0.2, 0) is 22.4 Å². The van der Waals surface area contributed by atoms with Gasteiger partial charge in [0.1, 0.15) is 28.2 Å². The highest BCUT2D eigenvalue weighted by atomic mass is 35.5. The molecule has 0 heterocycles. The molecular weight excluding hydrogens is 437 g/mol. The van der Waals surface area contributed by atoms with Crippen molar-refractivity contribution in [3.8, 4) is 11.5 Å². The number of unbranched alkanes of at least 4 members (excludes halogenated alkanes) is 1. The van der Waals surface area contributed by atoms with E-state index in [1.807, 2.05) is 39.8 Å². The molecule has 0 bridgehead atoms. The highest BCUT2D eigenvalue weighted by molar-refractivity contribution is 6.55. The molecule has 1 rings (SSSR count). The summed E-state index contributed by atoms with van der Waals surface area (Å²) in [5.74, 6) is 1.76. The SMILES string of the molecule is CCc1cc(OCC=C(Cl)Cl)cc(CC)c1OCCCCOCC(C)=NOC(C)(C)C. The van der Waals surface area contributed by atoms with E-state index in [1.165, 1.54) is 0 Å². The van der Waals surface area contributed by atoms with Gasteiger partial charge >= 0.3 is 0 Å². The fraction of sp³-hybridized carbons (Fsp3) is 0.625. The molecular formula is C24H37Cl2NO4. The van der Waals surface area contributed by atoms with Gasteiger partial charge in [0.2, 0.25) is 0 Å². The maximum absolute atomic E-state index is 6.14. The average Bonchev–Trinajstić information content (AvgIpc) is 2.70. The molecule has 0 fully saturated rings. The van der Waals surface area contributed by atoms with Crippen LogP contribution >= 0.6 is 23.2 Å². The van der Waals surface area contributed by atoms with Crippen molar-refractivity contribution in [3.63, 3.8) is 0 Å². The lowest BCUT2D eigenvalue weighted by molar-refractivity contribution is -0.000660. The molecule has 0 aliphatic heterocycles. The Hall–Kier alpha value is -1.43. The third kappa shape index (κ3) is 12.3. The number of hydrogen-bond acceptors (Lipinski definition) is 5. The molecule has 7 heteroatoms. The molecule has 0 radical (unpaired) electrons. The zero-order valence-electron chi connectivity index (χ0n) is 19.7. The largest absolute Gasteiger partial charge is 0.493 e. The predicted octanol–water partition coefficient (Wildman–Crippen LogP) is 6.88. The Morgan fingerprint density at radius 3 is 2.16 bits per heavy atom. The number of nitrogens with zero attached hydrogens (tertiary/aromatic N) is 1. The van der Waals surface area contributed by atoms with Crippen LogP contribution in [0.25, 0.3) is 0 Å². The molecule has 1 aromatic rings. The van der Waals surface area contributed by atoms with Gasteiger partial charge in [-0.3, -0.25) is 0 Å². The van der Waals surface area contributed by atoms with E-state index in [9.17, 15) is 0 Å². The second-order valence-electron chi connectivity index (χ2n) is 8.22. The van der Waals surface area contributed by atoms with Crippen molar-refractivity contribution in [1.29, 1.82) is 0 Å². The van der Waals surface area contributed by atoms with E-state index in [-0.39, 0.29) is 10.1 Å². The van der Waals surface area contributed by atoms with Crippen molar-refractivity contribution in [3.05, 3.63) is 33.8 Å². The van der Waals surface area contributed by atoms with Crippen molar-refractivity contribution in [2.24, 2.45) is 5.16 Å². The maximum Gasteiger partial charge on any atom is 0.129 e. The van der Waals surface area contributed by atoms with Crippen LogP contribution in [0.15, 0.2) is 27.9 Å². The Labute approximate surface area is 197 Å². The van der Waals surface area contributed by atoms with Gasteiger partial charge in [0.05, 0.1) is 18.9 Å². The Morgan fingerprint density at radius 1 is 1.00 bits per heavy atom. The zero-order valence-corrected chi connectivity index (χ0v) is 21.2. The molecule has 176 valence electrons. The van der Waals surface area contributed by atoms with Crippen LogP contribution in [0.1, 0.15) is 65.5 Å². The number of halogens is 2. The lowest BCUT2D eigenvalue weighted by Gasteiger charge is -2.17.